The van der Waals surface area contributed by atoms with Gasteiger partial charge in [0.05, 0.1) is 16.8 Å². The van der Waals surface area contributed by atoms with Gasteiger partial charge in [0, 0.05) is 44.8 Å². The fourth-order valence-electron chi connectivity index (χ4n) is 3.78. The van der Waals surface area contributed by atoms with E-state index in [1.807, 2.05) is 5.51 Å². The maximum Gasteiger partial charge on any atom is 0.0798 e. The van der Waals surface area contributed by atoms with Crippen LogP contribution in [0.5, 0.6) is 0 Å². The van der Waals surface area contributed by atoms with Crippen LogP contribution in [0.2, 0.25) is 0 Å². The molecule has 2 aliphatic rings. The van der Waals surface area contributed by atoms with E-state index in [1.165, 1.54) is 29.8 Å². The Bertz CT molecular complexity index is 455. The van der Waals surface area contributed by atoms with E-state index in [0.717, 1.165) is 39.3 Å². The Labute approximate surface area is 131 Å². The molecule has 2 aliphatic heterocycles. The molecule has 21 heavy (non-hydrogen) atoms. The summed E-state index contributed by atoms with van der Waals surface area (Å²) in [5, 5.41) is 0. The summed E-state index contributed by atoms with van der Waals surface area (Å²) < 4.78 is 11.5. The van der Waals surface area contributed by atoms with E-state index < -0.39 is 0 Å². The summed E-state index contributed by atoms with van der Waals surface area (Å²) in [7, 11) is 1.79. The average Bonchev–Trinajstić information content (AvgIpc) is 3.07. The van der Waals surface area contributed by atoms with Gasteiger partial charge in [-0.1, -0.05) is 0 Å². The Kier molecular flexibility index (Phi) is 4.94. The Morgan fingerprint density at radius 1 is 1.48 bits per heavy atom. The highest BCUT2D eigenvalue weighted by Gasteiger charge is 2.45. The third-order valence-corrected chi connectivity index (χ3v) is 6.10. The number of methoxy groups -OCH3 is 1. The molecule has 2 saturated heterocycles. The van der Waals surface area contributed by atoms with Crippen LogP contribution in [0.1, 0.15) is 36.3 Å². The van der Waals surface area contributed by atoms with E-state index in [4.69, 9.17) is 9.47 Å². The van der Waals surface area contributed by atoms with Crippen LogP contribution in [0.25, 0.3) is 0 Å². The van der Waals surface area contributed by atoms with Gasteiger partial charge in [-0.25, -0.2) is 4.98 Å². The van der Waals surface area contributed by atoms with E-state index in [2.05, 4.69) is 16.8 Å². The second kappa shape index (κ2) is 6.73. The fraction of sp³-hybridized carbons (Fsp3) is 0.812. The Balaban J connectivity index is 1.55. The molecule has 5 heteroatoms. The van der Waals surface area contributed by atoms with Crippen molar-refractivity contribution < 1.29 is 9.47 Å². The summed E-state index contributed by atoms with van der Waals surface area (Å²) in [6.45, 7) is 7.23. The number of hydrogen-bond donors (Lipinski definition) is 0. The molecule has 1 atom stereocenters. The minimum Gasteiger partial charge on any atom is -0.385 e. The topological polar surface area (TPSA) is 34.6 Å². The standard InChI is InChI=1S/C16H26N2O2S/c1-13-15(21-12-17-13)11-18-7-5-16(6-8-18)14(3-9-19-2)4-10-20-16/h12,14H,3-11H2,1-2H3/t14-/m1/s1. The number of nitrogens with zero attached hydrogens (tertiary/aromatic N) is 2. The molecule has 3 rings (SSSR count). The molecule has 0 aliphatic carbocycles. The average molecular weight is 310 g/mol. The molecule has 0 N–H and O–H groups in total. The largest absolute Gasteiger partial charge is 0.385 e. The fourth-order valence-corrected chi connectivity index (χ4v) is 4.59. The molecule has 4 nitrogen and oxygen atoms in total. The lowest BCUT2D eigenvalue weighted by Crippen LogP contribution is -2.47. The lowest BCUT2D eigenvalue weighted by Gasteiger charge is -2.42. The number of aromatic nitrogens is 1. The maximum absolute atomic E-state index is 6.21. The number of thiazole rings is 1. The van der Waals surface area contributed by atoms with Crippen LogP contribution >= 0.6 is 11.3 Å². The van der Waals surface area contributed by atoms with Crippen molar-refractivity contribution in [3.63, 3.8) is 0 Å². The number of rotatable bonds is 5. The van der Waals surface area contributed by atoms with Gasteiger partial charge in [0.2, 0.25) is 0 Å². The van der Waals surface area contributed by atoms with Gasteiger partial charge in [-0.2, -0.15) is 0 Å². The van der Waals surface area contributed by atoms with Crippen molar-refractivity contribution in [2.45, 2.75) is 44.8 Å². The molecule has 1 aromatic heterocycles. The number of likely N-dealkylation sites (tertiary alicyclic amines) is 1. The molecule has 1 aromatic rings. The zero-order valence-electron chi connectivity index (χ0n) is 13.1. The Morgan fingerprint density at radius 3 is 2.95 bits per heavy atom. The summed E-state index contributed by atoms with van der Waals surface area (Å²) >= 11 is 1.78. The van der Waals surface area contributed by atoms with Crippen molar-refractivity contribution >= 4 is 11.3 Å². The molecular formula is C16H26N2O2S. The lowest BCUT2D eigenvalue weighted by molar-refractivity contribution is -0.0720. The number of piperidine rings is 1. The quantitative estimate of drug-likeness (QED) is 0.837. The smallest absolute Gasteiger partial charge is 0.0798 e. The molecule has 0 amide bonds. The molecule has 0 aromatic carbocycles. The Morgan fingerprint density at radius 2 is 2.29 bits per heavy atom. The first-order valence-electron chi connectivity index (χ1n) is 7.98. The van der Waals surface area contributed by atoms with E-state index in [0.29, 0.717) is 5.92 Å². The monoisotopic (exact) mass is 310 g/mol. The third kappa shape index (κ3) is 3.31. The highest BCUT2D eigenvalue weighted by Crippen LogP contribution is 2.42. The molecule has 3 heterocycles. The van der Waals surface area contributed by atoms with Crippen molar-refractivity contribution in [2.24, 2.45) is 5.92 Å². The van der Waals surface area contributed by atoms with Gasteiger partial charge in [0.25, 0.3) is 0 Å². The number of hydrogen-bond acceptors (Lipinski definition) is 5. The van der Waals surface area contributed by atoms with Gasteiger partial charge in [-0.05, 0) is 38.5 Å². The van der Waals surface area contributed by atoms with Gasteiger partial charge in [-0.3, -0.25) is 4.90 Å². The predicted molar refractivity (Wildman–Crippen MR) is 84.6 cm³/mol. The summed E-state index contributed by atoms with van der Waals surface area (Å²) in [5.74, 6) is 0.685. The van der Waals surface area contributed by atoms with Crippen molar-refractivity contribution in [1.82, 2.24) is 9.88 Å². The Hall–Kier alpha value is -0.490. The second-order valence-corrected chi connectivity index (χ2v) is 7.26. The first kappa shape index (κ1) is 15.4. The first-order chi connectivity index (χ1) is 10.2. The summed E-state index contributed by atoms with van der Waals surface area (Å²) in [6.07, 6.45) is 4.68. The maximum atomic E-state index is 6.21. The third-order valence-electron chi connectivity index (χ3n) is 5.18. The van der Waals surface area contributed by atoms with Gasteiger partial charge < -0.3 is 9.47 Å². The van der Waals surface area contributed by atoms with Gasteiger partial charge >= 0.3 is 0 Å². The van der Waals surface area contributed by atoms with Crippen LogP contribution in [0, 0.1) is 12.8 Å². The number of aryl methyl sites for hydroxylation is 1. The molecular weight excluding hydrogens is 284 g/mol. The van der Waals surface area contributed by atoms with E-state index >= 15 is 0 Å². The van der Waals surface area contributed by atoms with Crippen molar-refractivity contribution in [1.29, 1.82) is 0 Å². The molecule has 1 spiro atoms. The van der Waals surface area contributed by atoms with E-state index in [1.54, 1.807) is 18.4 Å². The van der Waals surface area contributed by atoms with Crippen LogP contribution in [0.4, 0.5) is 0 Å². The highest BCUT2D eigenvalue weighted by atomic mass is 32.1. The van der Waals surface area contributed by atoms with Crippen molar-refractivity contribution in [3.05, 3.63) is 16.1 Å². The van der Waals surface area contributed by atoms with Crippen molar-refractivity contribution in [2.75, 3.05) is 33.4 Å². The van der Waals surface area contributed by atoms with E-state index in [9.17, 15) is 0 Å². The van der Waals surface area contributed by atoms with Crippen molar-refractivity contribution in [3.8, 4) is 0 Å². The predicted octanol–water partition coefficient (Wildman–Crippen LogP) is 2.86. The SMILES string of the molecule is COCC[C@@H]1CCOC12CCN(Cc1scnc1C)CC2. The molecule has 0 unspecified atom stereocenters. The summed E-state index contributed by atoms with van der Waals surface area (Å²) in [4.78, 5) is 8.32. The van der Waals surface area contributed by atoms with Crippen LogP contribution in [0.15, 0.2) is 5.51 Å². The van der Waals surface area contributed by atoms with Gasteiger partial charge in [0.1, 0.15) is 0 Å². The van der Waals surface area contributed by atoms with Crippen LogP contribution in [0.3, 0.4) is 0 Å². The minimum absolute atomic E-state index is 0.137. The molecule has 0 radical (unpaired) electrons. The normalized spacial score (nSPS) is 25.7. The lowest BCUT2D eigenvalue weighted by atomic mass is 9.78. The van der Waals surface area contributed by atoms with Crippen LogP contribution in [-0.2, 0) is 16.0 Å². The zero-order valence-corrected chi connectivity index (χ0v) is 14.0. The van der Waals surface area contributed by atoms with Gasteiger partial charge in [0.15, 0.2) is 0 Å². The zero-order chi connectivity index (χ0) is 14.7. The molecule has 118 valence electrons. The first-order valence-corrected chi connectivity index (χ1v) is 8.86. The second-order valence-electron chi connectivity index (χ2n) is 6.32. The highest BCUT2D eigenvalue weighted by molar-refractivity contribution is 7.09. The van der Waals surface area contributed by atoms with Gasteiger partial charge in [-0.15, -0.1) is 11.3 Å². The van der Waals surface area contributed by atoms with E-state index in [-0.39, 0.29) is 5.60 Å². The summed E-state index contributed by atoms with van der Waals surface area (Å²) in [5.41, 5.74) is 3.28. The van der Waals surface area contributed by atoms with Crippen LogP contribution < -0.4 is 0 Å². The van der Waals surface area contributed by atoms with Crippen LogP contribution in [-0.4, -0.2) is 48.9 Å². The molecule has 0 bridgehead atoms. The molecule has 0 saturated carbocycles. The molecule has 2 fully saturated rings. The minimum atomic E-state index is 0.137. The summed E-state index contributed by atoms with van der Waals surface area (Å²) in [6, 6.07) is 0. The number of ether oxygens (including phenoxy) is 2.